The molecule has 0 saturated heterocycles. The molecule has 4 aliphatic rings. The molecule has 1 aromatic heterocycles. The minimum atomic E-state index is 0.259. The molecule has 4 bridgehead atoms. The summed E-state index contributed by atoms with van der Waals surface area (Å²) in [7, 11) is 0. The predicted molar refractivity (Wildman–Crippen MR) is 123 cm³/mol. The summed E-state index contributed by atoms with van der Waals surface area (Å²) < 4.78 is 2.27. The van der Waals surface area contributed by atoms with Crippen LogP contribution in [0.3, 0.4) is 0 Å². The lowest BCUT2D eigenvalue weighted by Crippen LogP contribution is -2.52. The summed E-state index contributed by atoms with van der Waals surface area (Å²) in [6, 6.07) is 10.6. The summed E-state index contributed by atoms with van der Waals surface area (Å²) in [5, 5.41) is 12.1. The quantitative estimate of drug-likeness (QED) is 0.584. The maximum Gasteiger partial charge on any atom is 0.176 e. The van der Waals surface area contributed by atoms with E-state index in [-0.39, 0.29) is 5.54 Å². The van der Waals surface area contributed by atoms with Crippen LogP contribution in [0.4, 0.5) is 11.5 Å². The SMILES string of the molecule is CC[C@H](C)c1ccc(NC(=S)Nc2ccn(C34CC5CC(CC(C5)C3)C4)n2)cc1. The second-order valence-electron chi connectivity index (χ2n) is 9.80. The number of anilines is 2. The Bertz CT molecular complexity index is 849. The Morgan fingerprint density at radius 3 is 2.28 bits per heavy atom. The molecule has 2 aromatic rings. The standard InChI is InChI=1S/C24H32N4S/c1-3-16(2)20-4-6-21(7-5-20)25-23(29)26-22-8-9-28(27-22)24-13-17-10-18(14-24)12-19(11-17)15-24/h4-9,16-19H,3,10-15H2,1-2H3,(H2,25,26,27,29)/t16-,17?,18?,19?,24?/m0/s1. The highest BCUT2D eigenvalue weighted by molar-refractivity contribution is 7.80. The normalized spacial score (nSPS) is 30.9. The average Bonchev–Trinajstić information content (AvgIpc) is 3.16. The van der Waals surface area contributed by atoms with Gasteiger partial charge in [0.1, 0.15) is 0 Å². The molecule has 0 amide bonds. The number of rotatable bonds is 5. The van der Waals surface area contributed by atoms with Gasteiger partial charge in [0, 0.05) is 18.0 Å². The van der Waals surface area contributed by atoms with Crippen molar-refractivity contribution in [2.45, 2.75) is 70.3 Å². The van der Waals surface area contributed by atoms with Gasteiger partial charge >= 0.3 is 0 Å². The maximum absolute atomic E-state index is 5.53. The van der Waals surface area contributed by atoms with Crippen molar-refractivity contribution in [3.63, 3.8) is 0 Å². The van der Waals surface area contributed by atoms with Gasteiger partial charge in [0.2, 0.25) is 0 Å². The number of hydrogen-bond acceptors (Lipinski definition) is 2. The fourth-order valence-electron chi connectivity index (χ4n) is 6.41. The Hall–Kier alpha value is -1.88. The Morgan fingerprint density at radius 1 is 1.07 bits per heavy atom. The van der Waals surface area contributed by atoms with Crippen LogP contribution in [0.2, 0.25) is 0 Å². The van der Waals surface area contributed by atoms with E-state index in [4.69, 9.17) is 17.3 Å². The summed E-state index contributed by atoms with van der Waals surface area (Å²) in [6.45, 7) is 4.48. The topological polar surface area (TPSA) is 41.9 Å². The van der Waals surface area contributed by atoms with E-state index >= 15 is 0 Å². The second-order valence-corrected chi connectivity index (χ2v) is 10.2. The molecular weight excluding hydrogens is 376 g/mol. The molecule has 29 heavy (non-hydrogen) atoms. The summed E-state index contributed by atoms with van der Waals surface area (Å²) in [5.74, 6) is 4.19. The van der Waals surface area contributed by atoms with Crippen molar-refractivity contribution in [3.8, 4) is 0 Å². The number of hydrogen-bond donors (Lipinski definition) is 2. The fourth-order valence-corrected chi connectivity index (χ4v) is 6.63. The molecule has 4 fully saturated rings. The fraction of sp³-hybridized carbons (Fsp3) is 0.583. The van der Waals surface area contributed by atoms with Crippen LogP contribution in [0.5, 0.6) is 0 Å². The van der Waals surface area contributed by atoms with Gasteiger partial charge in [-0.15, -0.1) is 0 Å². The largest absolute Gasteiger partial charge is 0.332 e. The van der Waals surface area contributed by atoms with Gasteiger partial charge in [0.15, 0.2) is 10.9 Å². The minimum absolute atomic E-state index is 0.259. The number of benzene rings is 1. The smallest absolute Gasteiger partial charge is 0.176 e. The van der Waals surface area contributed by atoms with Crippen molar-refractivity contribution in [2.24, 2.45) is 17.8 Å². The highest BCUT2D eigenvalue weighted by atomic mass is 32.1. The molecule has 0 unspecified atom stereocenters. The second kappa shape index (κ2) is 7.42. The zero-order chi connectivity index (χ0) is 20.0. The van der Waals surface area contributed by atoms with Gasteiger partial charge in [-0.2, -0.15) is 5.10 Å². The van der Waals surface area contributed by atoms with Crippen molar-refractivity contribution in [3.05, 3.63) is 42.1 Å². The zero-order valence-electron chi connectivity index (χ0n) is 17.5. The lowest BCUT2D eigenvalue weighted by molar-refractivity contribution is -0.0492. The van der Waals surface area contributed by atoms with Crippen molar-refractivity contribution in [2.75, 3.05) is 10.6 Å². The average molecular weight is 409 g/mol. The Kier molecular flexibility index (Phi) is 4.89. The highest BCUT2D eigenvalue weighted by Crippen LogP contribution is 2.58. The molecule has 154 valence electrons. The molecule has 5 heteroatoms. The summed E-state index contributed by atoms with van der Waals surface area (Å²) in [5.41, 5.74) is 2.64. The first kappa shape index (κ1) is 19.1. The predicted octanol–water partition coefficient (Wildman–Crippen LogP) is 6.13. The molecular formula is C24H32N4S. The first-order valence-corrected chi connectivity index (χ1v) is 11.7. The van der Waals surface area contributed by atoms with Crippen LogP contribution < -0.4 is 10.6 Å². The number of thiocarbonyl (C=S) groups is 1. The van der Waals surface area contributed by atoms with Gasteiger partial charge in [-0.3, -0.25) is 4.68 Å². The van der Waals surface area contributed by atoms with Crippen molar-refractivity contribution < 1.29 is 0 Å². The van der Waals surface area contributed by atoms with E-state index in [2.05, 4.69) is 65.7 Å². The molecule has 1 aromatic carbocycles. The van der Waals surface area contributed by atoms with E-state index in [1.165, 1.54) is 44.1 Å². The van der Waals surface area contributed by atoms with Crippen LogP contribution in [0.15, 0.2) is 36.5 Å². The van der Waals surface area contributed by atoms with Crippen LogP contribution in [0.25, 0.3) is 0 Å². The van der Waals surface area contributed by atoms with Crippen molar-refractivity contribution >= 4 is 28.8 Å². The number of nitrogens with one attached hydrogen (secondary N) is 2. The molecule has 4 aliphatic carbocycles. The van der Waals surface area contributed by atoms with E-state index < -0.39 is 0 Å². The van der Waals surface area contributed by atoms with E-state index in [0.717, 1.165) is 35.7 Å². The van der Waals surface area contributed by atoms with Gasteiger partial charge in [-0.25, -0.2) is 0 Å². The summed E-state index contributed by atoms with van der Waals surface area (Å²) in [4.78, 5) is 0. The van der Waals surface area contributed by atoms with Gasteiger partial charge in [-0.05, 0) is 98.5 Å². The van der Waals surface area contributed by atoms with Crippen molar-refractivity contribution in [1.82, 2.24) is 9.78 Å². The minimum Gasteiger partial charge on any atom is -0.332 e. The van der Waals surface area contributed by atoms with E-state index in [9.17, 15) is 0 Å². The molecule has 1 atom stereocenters. The Balaban J connectivity index is 1.23. The van der Waals surface area contributed by atoms with Crippen LogP contribution in [-0.2, 0) is 5.54 Å². The van der Waals surface area contributed by atoms with Crippen molar-refractivity contribution in [1.29, 1.82) is 0 Å². The maximum atomic E-state index is 5.53. The van der Waals surface area contributed by atoms with E-state index in [0.29, 0.717) is 11.0 Å². The third kappa shape index (κ3) is 3.70. The molecule has 0 aliphatic heterocycles. The molecule has 6 rings (SSSR count). The van der Waals surface area contributed by atoms with Gasteiger partial charge in [-0.1, -0.05) is 26.0 Å². The van der Waals surface area contributed by atoms with E-state index in [1.807, 2.05) is 0 Å². The summed E-state index contributed by atoms with van der Waals surface area (Å²) >= 11 is 5.53. The molecule has 4 nitrogen and oxygen atoms in total. The third-order valence-corrected chi connectivity index (χ3v) is 7.88. The van der Waals surface area contributed by atoms with Gasteiger partial charge in [0.25, 0.3) is 0 Å². The van der Waals surface area contributed by atoms with Gasteiger partial charge in [0.05, 0.1) is 5.54 Å². The van der Waals surface area contributed by atoms with Crippen LogP contribution >= 0.6 is 12.2 Å². The summed E-state index contributed by atoms with van der Waals surface area (Å²) in [6.07, 6.45) is 11.6. The zero-order valence-corrected chi connectivity index (χ0v) is 18.3. The Morgan fingerprint density at radius 2 is 1.69 bits per heavy atom. The molecule has 2 N–H and O–H groups in total. The first-order chi connectivity index (χ1) is 14.0. The van der Waals surface area contributed by atoms with E-state index in [1.54, 1.807) is 0 Å². The highest BCUT2D eigenvalue weighted by Gasteiger charge is 2.52. The Labute approximate surface area is 179 Å². The third-order valence-electron chi connectivity index (χ3n) is 7.67. The number of aromatic nitrogens is 2. The van der Waals surface area contributed by atoms with Crippen LogP contribution in [-0.4, -0.2) is 14.9 Å². The first-order valence-electron chi connectivity index (χ1n) is 11.3. The molecule has 1 heterocycles. The molecule has 4 saturated carbocycles. The number of nitrogens with zero attached hydrogens (tertiary/aromatic N) is 2. The molecule has 0 radical (unpaired) electrons. The van der Waals surface area contributed by atoms with Gasteiger partial charge < -0.3 is 10.6 Å². The van der Waals surface area contributed by atoms with Crippen LogP contribution in [0, 0.1) is 17.8 Å². The molecule has 0 spiro atoms. The monoisotopic (exact) mass is 408 g/mol. The van der Waals surface area contributed by atoms with Crippen LogP contribution in [0.1, 0.15) is 70.3 Å². The lowest BCUT2D eigenvalue weighted by Gasteiger charge is -2.56. The lowest BCUT2D eigenvalue weighted by atomic mass is 9.53.